The molecule has 1 atom stereocenters. The van der Waals surface area contributed by atoms with Crippen LogP contribution < -0.4 is 10.6 Å². The van der Waals surface area contributed by atoms with Gasteiger partial charge in [0.05, 0.1) is 6.54 Å². The van der Waals surface area contributed by atoms with E-state index in [0.29, 0.717) is 13.1 Å². The van der Waals surface area contributed by atoms with Gasteiger partial charge in [0, 0.05) is 12.2 Å². The van der Waals surface area contributed by atoms with E-state index >= 15 is 0 Å². The molecule has 0 aliphatic carbocycles. The summed E-state index contributed by atoms with van der Waals surface area (Å²) in [5, 5.41) is 0. The summed E-state index contributed by atoms with van der Waals surface area (Å²) < 4.78 is 5.31. The monoisotopic (exact) mass is 234 g/mol. The number of amides is 1. The Hall–Kier alpha value is -1.55. The molecule has 1 amide bonds. The summed E-state index contributed by atoms with van der Waals surface area (Å²) in [4.78, 5) is 13.5. The van der Waals surface area contributed by atoms with Gasteiger partial charge in [-0.15, -0.1) is 0 Å². The van der Waals surface area contributed by atoms with Crippen LogP contribution >= 0.6 is 0 Å². The smallest absolute Gasteiger partial charge is 0.415 e. The first-order chi connectivity index (χ1) is 7.93. The van der Waals surface area contributed by atoms with Gasteiger partial charge in [-0.25, -0.2) is 4.79 Å². The van der Waals surface area contributed by atoms with Gasteiger partial charge in [0.1, 0.15) is 5.60 Å². The maximum absolute atomic E-state index is 11.8. The predicted molar refractivity (Wildman–Crippen MR) is 67.2 cm³/mol. The zero-order chi connectivity index (χ0) is 12.6. The van der Waals surface area contributed by atoms with E-state index in [0.717, 1.165) is 16.8 Å². The predicted octanol–water partition coefficient (Wildman–Crippen LogP) is 1.98. The second-order valence-corrected chi connectivity index (χ2v) is 4.95. The molecule has 1 aliphatic rings. The molecule has 1 heterocycles. The Morgan fingerprint density at radius 3 is 2.41 bits per heavy atom. The van der Waals surface area contributed by atoms with Crippen LogP contribution in [0.15, 0.2) is 18.2 Å². The zero-order valence-electron chi connectivity index (χ0n) is 10.5. The van der Waals surface area contributed by atoms with Gasteiger partial charge in [0.2, 0.25) is 0 Å². The van der Waals surface area contributed by atoms with E-state index in [4.69, 9.17) is 10.5 Å². The zero-order valence-corrected chi connectivity index (χ0v) is 10.5. The van der Waals surface area contributed by atoms with Gasteiger partial charge < -0.3 is 10.5 Å². The van der Waals surface area contributed by atoms with Crippen molar-refractivity contribution in [2.24, 2.45) is 5.73 Å². The van der Waals surface area contributed by atoms with Crippen LogP contribution in [0.5, 0.6) is 0 Å². The Balaban J connectivity index is 2.32. The molecule has 4 nitrogen and oxygen atoms in total. The molecule has 2 rings (SSSR count). The van der Waals surface area contributed by atoms with Crippen LogP contribution in [-0.2, 0) is 4.74 Å². The van der Waals surface area contributed by atoms with Gasteiger partial charge in [-0.3, -0.25) is 4.90 Å². The largest absolute Gasteiger partial charge is 0.440 e. The first-order valence-electron chi connectivity index (χ1n) is 5.72. The van der Waals surface area contributed by atoms with Crippen molar-refractivity contribution in [3.8, 4) is 0 Å². The topological polar surface area (TPSA) is 55.6 Å². The summed E-state index contributed by atoms with van der Waals surface area (Å²) in [7, 11) is 0. The third-order valence-corrected chi connectivity index (χ3v) is 3.00. The van der Waals surface area contributed by atoms with Crippen LogP contribution in [-0.4, -0.2) is 24.8 Å². The van der Waals surface area contributed by atoms with E-state index < -0.39 is 5.60 Å². The van der Waals surface area contributed by atoms with Crippen molar-refractivity contribution in [2.45, 2.75) is 26.4 Å². The van der Waals surface area contributed by atoms with Gasteiger partial charge in [-0.05, 0) is 44.0 Å². The standard InChI is InChI=1S/C13H18N2O2/c1-9-4-10(2)6-11(5-9)15-8-13(3,7-14)17-12(15)16/h4-6H,7-8,14H2,1-3H3. The molecule has 2 N–H and O–H groups in total. The second kappa shape index (κ2) is 4.04. The fourth-order valence-electron chi connectivity index (χ4n) is 2.11. The summed E-state index contributed by atoms with van der Waals surface area (Å²) in [6.07, 6.45) is -0.317. The number of anilines is 1. The summed E-state index contributed by atoms with van der Waals surface area (Å²) in [6, 6.07) is 6.04. The van der Waals surface area contributed by atoms with Crippen LogP contribution in [0.4, 0.5) is 10.5 Å². The first kappa shape index (κ1) is 11.9. The van der Waals surface area contributed by atoms with Crippen molar-refractivity contribution < 1.29 is 9.53 Å². The lowest BCUT2D eigenvalue weighted by molar-refractivity contribution is 0.0789. The number of nitrogens with zero attached hydrogens (tertiary/aromatic N) is 1. The molecule has 1 aliphatic heterocycles. The van der Waals surface area contributed by atoms with E-state index in [1.807, 2.05) is 32.9 Å². The average Bonchev–Trinajstić information content (AvgIpc) is 2.54. The van der Waals surface area contributed by atoms with Crippen LogP contribution in [0.2, 0.25) is 0 Å². The summed E-state index contributed by atoms with van der Waals surface area (Å²) in [5.41, 5.74) is 8.20. The van der Waals surface area contributed by atoms with E-state index in [1.165, 1.54) is 0 Å². The van der Waals surface area contributed by atoms with E-state index in [1.54, 1.807) is 4.90 Å². The molecule has 1 saturated heterocycles. The molecule has 0 spiro atoms. The van der Waals surface area contributed by atoms with Crippen LogP contribution in [0.25, 0.3) is 0 Å². The van der Waals surface area contributed by atoms with E-state index in [-0.39, 0.29) is 6.09 Å². The minimum atomic E-state index is -0.575. The third-order valence-electron chi connectivity index (χ3n) is 3.00. The number of hydrogen-bond acceptors (Lipinski definition) is 3. The van der Waals surface area contributed by atoms with Crippen molar-refractivity contribution >= 4 is 11.8 Å². The number of aryl methyl sites for hydroxylation is 2. The fourth-order valence-corrected chi connectivity index (χ4v) is 2.11. The van der Waals surface area contributed by atoms with E-state index in [9.17, 15) is 4.79 Å². The molecule has 0 aromatic heterocycles. The van der Waals surface area contributed by atoms with E-state index in [2.05, 4.69) is 6.07 Å². The van der Waals surface area contributed by atoms with Crippen LogP contribution in [0.1, 0.15) is 18.1 Å². The fraction of sp³-hybridized carbons (Fsp3) is 0.462. The summed E-state index contributed by atoms with van der Waals surface area (Å²) >= 11 is 0. The van der Waals surface area contributed by atoms with Crippen LogP contribution in [0, 0.1) is 13.8 Å². The molecular weight excluding hydrogens is 216 g/mol. The van der Waals surface area contributed by atoms with Gasteiger partial charge in [0.25, 0.3) is 0 Å². The average molecular weight is 234 g/mol. The molecule has 17 heavy (non-hydrogen) atoms. The van der Waals surface area contributed by atoms with Crippen molar-refractivity contribution in [3.05, 3.63) is 29.3 Å². The second-order valence-electron chi connectivity index (χ2n) is 4.95. The molecule has 0 bridgehead atoms. The highest BCUT2D eigenvalue weighted by molar-refractivity contribution is 5.90. The van der Waals surface area contributed by atoms with Crippen molar-refractivity contribution in [3.63, 3.8) is 0 Å². The van der Waals surface area contributed by atoms with Crippen LogP contribution in [0.3, 0.4) is 0 Å². The highest BCUT2D eigenvalue weighted by atomic mass is 16.6. The lowest BCUT2D eigenvalue weighted by Gasteiger charge is -2.19. The number of rotatable bonds is 2. The summed E-state index contributed by atoms with van der Waals surface area (Å²) in [5.74, 6) is 0. The maximum atomic E-state index is 11.8. The first-order valence-corrected chi connectivity index (χ1v) is 5.72. The van der Waals surface area contributed by atoms with Gasteiger partial charge in [-0.2, -0.15) is 0 Å². The Morgan fingerprint density at radius 2 is 1.94 bits per heavy atom. The molecule has 4 heteroatoms. The number of carbonyl (C=O) groups excluding carboxylic acids is 1. The number of benzene rings is 1. The molecule has 1 aromatic rings. The molecule has 1 unspecified atom stereocenters. The lowest BCUT2D eigenvalue weighted by Crippen LogP contribution is -2.38. The molecule has 1 fully saturated rings. The number of cyclic esters (lactones) is 1. The number of ether oxygens (including phenoxy) is 1. The third kappa shape index (κ3) is 2.26. The number of hydrogen-bond donors (Lipinski definition) is 1. The van der Waals surface area contributed by atoms with Gasteiger partial charge in [0.15, 0.2) is 0 Å². The summed E-state index contributed by atoms with van der Waals surface area (Å²) in [6.45, 7) is 6.72. The minimum Gasteiger partial charge on any atom is -0.440 e. The van der Waals surface area contributed by atoms with Gasteiger partial charge >= 0.3 is 6.09 Å². The van der Waals surface area contributed by atoms with Crippen molar-refractivity contribution in [1.29, 1.82) is 0 Å². The molecule has 1 aromatic carbocycles. The maximum Gasteiger partial charge on any atom is 0.415 e. The Labute approximate surface area is 101 Å². The SMILES string of the molecule is Cc1cc(C)cc(N2CC(C)(CN)OC2=O)c1. The highest BCUT2D eigenvalue weighted by Gasteiger charge is 2.41. The minimum absolute atomic E-state index is 0.317. The Morgan fingerprint density at radius 1 is 1.35 bits per heavy atom. The quantitative estimate of drug-likeness (QED) is 0.851. The highest BCUT2D eigenvalue weighted by Crippen LogP contribution is 2.28. The molecule has 92 valence electrons. The Kier molecular flexibility index (Phi) is 2.83. The van der Waals surface area contributed by atoms with Gasteiger partial charge in [-0.1, -0.05) is 6.07 Å². The number of carbonyl (C=O) groups is 1. The Bertz CT molecular complexity index is 438. The molecular formula is C13H18N2O2. The number of nitrogens with two attached hydrogens (primary N) is 1. The van der Waals surface area contributed by atoms with Crippen molar-refractivity contribution in [2.75, 3.05) is 18.0 Å². The van der Waals surface area contributed by atoms with Crippen molar-refractivity contribution in [1.82, 2.24) is 0 Å². The molecule has 0 saturated carbocycles. The lowest BCUT2D eigenvalue weighted by atomic mass is 10.1. The molecule has 0 radical (unpaired) electrons. The normalized spacial score (nSPS) is 24.0.